The van der Waals surface area contributed by atoms with Gasteiger partial charge in [0.15, 0.2) is 0 Å². The zero-order valence-electron chi connectivity index (χ0n) is 17.7. The lowest BCUT2D eigenvalue weighted by Gasteiger charge is -2.34. The normalized spacial score (nSPS) is 16.3. The molecule has 158 valence electrons. The molecule has 0 aromatic carbocycles. The van der Waals surface area contributed by atoms with Crippen LogP contribution in [0.15, 0.2) is 30.6 Å². The second kappa shape index (κ2) is 8.20. The van der Waals surface area contributed by atoms with Gasteiger partial charge in [-0.2, -0.15) is 0 Å². The standard InChI is InChI=1S/C22H28N6O2/c1-22(2,30)14-28-8-6-15(7-9-28)21(29)11-17-10-19-16(12-23-17)4-5-18(24-19)20-13-27(3)26-25-20/h4-5,10,12-13,15,30H,6-9,11,14H2,1-3H3. The fraction of sp³-hybridized carbons (Fsp3) is 0.500. The van der Waals surface area contributed by atoms with Gasteiger partial charge in [-0.15, -0.1) is 5.10 Å². The van der Waals surface area contributed by atoms with E-state index in [0.29, 0.717) is 18.7 Å². The summed E-state index contributed by atoms with van der Waals surface area (Å²) in [6.45, 7) is 5.96. The molecule has 0 unspecified atom stereocenters. The van der Waals surface area contributed by atoms with Crippen molar-refractivity contribution in [1.82, 2.24) is 29.9 Å². The topological polar surface area (TPSA) is 97.0 Å². The highest BCUT2D eigenvalue weighted by molar-refractivity contribution is 5.85. The van der Waals surface area contributed by atoms with Gasteiger partial charge in [-0.1, -0.05) is 5.21 Å². The van der Waals surface area contributed by atoms with Crippen LogP contribution in [0.25, 0.3) is 22.3 Å². The molecule has 0 aliphatic carbocycles. The number of β-amino-alcohol motifs (C(OH)–C–C–N with tert-alkyl or cyclic N) is 1. The molecule has 4 heterocycles. The number of ketones is 1. The van der Waals surface area contributed by atoms with Crippen molar-refractivity contribution in [3.63, 3.8) is 0 Å². The third-order valence-corrected chi connectivity index (χ3v) is 5.50. The number of aromatic nitrogens is 5. The number of aryl methyl sites for hydroxylation is 1. The predicted molar refractivity (Wildman–Crippen MR) is 114 cm³/mol. The minimum Gasteiger partial charge on any atom is -0.389 e. The number of fused-ring (bicyclic) bond motifs is 1. The summed E-state index contributed by atoms with van der Waals surface area (Å²) >= 11 is 0. The fourth-order valence-electron chi connectivity index (χ4n) is 4.05. The second-order valence-electron chi connectivity index (χ2n) is 8.85. The number of Topliss-reactive ketones (excluding diaryl/α,β-unsaturated/α-hetero) is 1. The van der Waals surface area contributed by atoms with Crippen molar-refractivity contribution in [2.45, 2.75) is 38.7 Å². The van der Waals surface area contributed by atoms with E-state index in [1.54, 1.807) is 10.9 Å². The Morgan fingerprint density at radius 1 is 1.23 bits per heavy atom. The van der Waals surface area contributed by atoms with Gasteiger partial charge in [0.2, 0.25) is 0 Å². The molecule has 1 aliphatic heterocycles. The number of likely N-dealkylation sites (tertiary alicyclic amines) is 1. The molecule has 0 radical (unpaired) electrons. The lowest BCUT2D eigenvalue weighted by atomic mass is 9.89. The van der Waals surface area contributed by atoms with Gasteiger partial charge in [0.1, 0.15) is 11.5 Å². The van der Waals surface area contributed by atoms with Crippen molar-refractivity contribution in [3.8, 4) is 11.4 Å². The van der Waals surface area contributed by atoms with Crippen molar-refractivity contribution in [3.05, 3.63) is 36.3 Å². The molecule has 1 N–H and O–H groups in total. The first-order valence-electron chi connectivity index (χ1n) is 10.4. The second-order valence-corrected chi connectivity index (χ2v) is 8.85. The van der Waals surface area contributed by atoms with Crippen LogP contribution >= 0.6 is 0 Å². The highest BCUT2D eigenvalue weighted by Gasteiger charge is 2.27. The molecule has 0 bridgehead atoms. The number of aliphatic hydroxyl groups is 1. The average molecular weight is 409 g/mol. The molecule has 3 aromatic rings. The van der Waals surface area contributed by atoms with Crippen molar-refractivity contribution in [2.24, 2.45) is 13.0 Å². The van der Waals surface area contributed by atoms with E-state index in [-0.39, 0.29) is 11.7 Å². The highest BCUT2D eigenvalue weighted by Crippen LogP contribution is 2.23. The summed E-state index contributed by atoms with van der Waals surface area (Å²) in [7, 11) is 1.82. The van der Waals surface area contributed by atoms with E-state index in [2.05, 4.69) is 25.2 Å². The van der Waals surface area contributed by atoms with E-state index < -0.39 is 5.60 Å². The van der Waals surface area contributed by atoms with E-state index in [9.17, 15) is 9.90 Å². The Balaban J connectivity index is 1.43. The number of piperidine rings is 1. The van der Waals surface area contributed by atoms with Crippen LogP contribution in [0, 0.1) is 5.92 Å². The van der Waals surface area contributed by atoms with Crippen LogP contribution in [0.1, 0.15) is 32.4 Å². The van der Waals surface area contributed by atoms with Gasteiger partial charge in [0.05, 0.1) is 23.0 Å². The van der Waals surface area contributed by atoms with Crippen LogP contribution in [0.4, 0.5) is 0 Å². The summed E-state index contributed by atoms with van der Waals surface area (Å²) in [5.74, 6) is 0.286. The number of carbonyl (C=O) groups is 1. The number of hydrogen-bond acceptors (Lipinski definition) is 7. The smallest absolute Gasteiger partial charge is 0.142 e. The van der Waals surface area contributed by atoms with Crippen molar-refractivity contribution < 1.29 is 9.90 Å². The van der Waals surface area contributed by atoms with Crippen LogP contribution in [0.5, 0.6) is 0 Å². The van der Waals surface area contributed by atoms with Crippen LogP contribution < -0.4 is 0 Å². The van der Waals surface area contributed by atoms with Crippen LogP contribution in [-0.4, -0.2) is 66.0 Å². The SMILES string of the molecule is Cn1cc(-c2ccc3cnc(CC(=O)C4CCN(CC(C)(C)O)CC4)cc3n2)nn1. The molecule has 0 atom stereocenters. The van der Waals surface area contributed by atoms with Gasteiger partial charge in [0.25, 0.3) is 0 Å². The number of hydrogen-bond donors (Lipinski definition) is 1. The first kappa shape index (κ1) is 20.6. The highest BCUT2D eigenvalue weighted by atomic mass is 16.3. The number of rotatable bonds is 6. The predicted octanol–water partition coefficient (Wildman–Crippen LogP) is 2.02. The van der Waals surface area contributed by atoms with E-state index in [1.165, 1.54) is 0 Å². The molecule has 0 spiro atoms. The van der Waals surface area contributed by atoms with Crippen LogP contribution in [0.3, 0.4) is 0 Å². The van der Waals surface area contributed by atoms with Gasteiger partial charge in [-0.3, -0.25) is 14.5 Å². The molecule has 1 fully saturated rings. The fourth-order valence-corrected chi connectivity index (χ4v) is 4.05. The zero-order valence-corrected chi connectivity index (χ0v) is 17.7. The molecular weight excluding hydrogens is 380 g/mol. The van der Waals surface area contributed by atoms with Gasteiger partial charge in [-0.25, -0.2) is 4.98 Å². The lowest BCUT2D eigenvalue weighted by molar-refractivity contribution is -0.123. The molecule has 4 rings (SSSR count). The van der Waals surface area contributed by atoms with Crippen LogP contribution in [-0.2, 0) is 18.3 Å². The third kappa shape index (κ3) is 4.88. The first-order valence-corrected chi connectivity index (χ1v) is 10.4. The molecule has 30 heavy (non-hydrogen) atoms. The van der Waals surface area contributed by atoms with Crippen LogP contribution in [0.2, 0.25) is 0 Å². The third-order valence-electron chi connectivity index (χ3n) is 5.50. The summed E-state index contributed by atoms with van der Waals surface area (Å²) < 4.78 is 1.64. The largest absolute Gasteiger partial charge is 0.389 e. The maximum Gasteiger partial charge on any atom is 0.142 e. The Kier molecular flexibility index (Phi) is 5.62. The van der Waals surface area contributed by atoms with Crippen molar-refractivity contribution >= 4 is 16.7 Å². The molecule has 3 aromatic heterocycles. The maximum absolute atomic E-state index is 12.8. The minimum absolute atomic E-state index is 0.0550. The molecule has 0 amide bonds. The molecule has 8 heteroatoms. The Morgan fingerprint density at radius 3 is 2.67 bits per heavy atom. The van der Waals surface area contributed by atoms with Gasteiger partial charge < -0.3 is 10.0 Å². The minimum atomic E-state index is -0.705. The molecule has 1 aliphatic rings. The molecule has 1 saturated heterocycles. The maximum atomic E-state index is 12.8. The van der Waals surface area contributed by atoms with Crippen molar-refractivity contribution in [2.75, 3.05) is 19.6 Å². The molecule has 8 nitrogen and oxygen atoms in total. The molecular formula is C22H28N6O2. The van der Waals surface area contributed by atoms with E-state index in [4.69, 9.17) is 0 Å². The van der Waals surface area contributed by atoms with Gasteiger partial charge in [-0.05, 0) is 58.0 Å². The van der Waals surface area contributed by atoms with Gasteiger partial charge >= 0.3 is 0 Å². The molecule has 0 saturated carbocycles. The number of carbonyl (C=O) groups excluding carboxylic acids is 1. The van der Waals surface area contributed by atoms with E-state index >= 15 is 0 Å². The number of nitrogens with zero attached hydrogens (tertiary/aromatic N) is 6. The quantitative estimate of drug-likeness (QED) is 0.666. The van der Waals surface area contributed by atoms with Crippen molar-refractivity contribution in [1.29, 1.82) is 0 Å². The summed E-state index contributed by atoms with van der Waals surface area (Å²) in [5, 5.41) is 19.0. The Labute approximate surface area is 175 Å². The Hall–Kier alpha value is -2.71. The van der Waals surface area contributed by atoms with E-state index in [1.807, 2.05) is 45.3 Å². The summed E-state index contributed by atoms with van der Waals surface area (Å²) in [6, 6.07) is 5.76. The Morgan fingerprint density at radius 2 is 2.00 bits per heavy atom. The monoisotopic (exact) mass is 408 g/mol. The zero-order chi connectivity index (χ0) is 21.3. The Bertz CT molecular complexity index is 1050. The number of pyridine rings is 2. The lowest BCUT2D eigenvalue weighted by Crippen LogP contribution is -2.44. The van der Waals surface area contributed by atoms with Gasteiger partial charge in [0, 0.05) is 43.2 Å². The summed E-state index contributed by atoms with van der Waals surface area (Å²) in [5.41, 5.74) is 2.30. The first-order chi connectivity index (χ1) is 14.3. The van der Waals surface area contributed by atoms with E-state index in [0.717, 1.165) is 48.2 Å². The summed E-state index contributed by atoms with van der Waals surface area (Å²) in [4.78, 5) is 24.2. The average Bonchev–Trinajstić information content (AvgIpc) is 3.13. The summed E-state index contributed by atoms with van der Waals surface area (Å²) in [6.07, 6.45) is 5.58.